The highest BCUT2D eigenvalue weighted by molar-refractivity contribution is 7.61. The van der Waals surface area contributed by atoms with Crippen molar-refractivity contribution in [2.75, 3.05) is 25.6 Å². The Morgan fingerprint density at radius 2 is 1.27 bits per heavy atom. The van der Waals surface area contributed by atoms with Gasteiger partial charge >= 0.3 is 33.3 Å². The SMILES string of the molecule is CCCCCC/C=C\CCCCCCCCCC(=O)OC[C@H](COP(=O)(O)OP(=O)(O)OC[C@H]1O[C@@H](n2ccc(N)nc2=O)[C@H](O)[C@@H]1O)OC(=O)CCC/C=C\C/C=C\C/C=C\C/C=C\CC[C@H](O)CC. The summed E-state index contributed by atoms with van der Waals surface area (Å²) in [6.07, 6.45) is 33.9. The van der Waals surface area contributed by atoms with E-state index in [1.165, 1.54) is 31.7 Å². The number of ether oxygens (including phenoxy) is 3. The van der Waals surface area contributed by atoms with Gasteiger partial charge in [-0.3, -0.25) is 23.2 Å². The molecular formula is C50H83N3O16P2. The van der Waals surface area contributed by atoms with Crippen molar-refractivity contribution in [3.8, 4) is 0 Å². The lowest BCUT2D eigenvalue weighted by atomic mass is 10.1. The maximum absolute atomic E-state index is 12.8. The minimum Gasteiger partial charge on any atom is -0.462 e. The molecule has 1 saturated heterocycles. The van der Waals surface area contributed by atoms with E-state index in [1.54, 1.807) is 0 Å². The lowest BCUT2D eigenvalue weighted by Crippen LogP contribution is -2.36. The first-order valence-corrected chi connectivity index (χ1v) is 28.4. The number of aromatic nitrogens is 2. The van der Waals surface area contributed by atoms with Crippen molar-refractivity contribution >= 4 is 33.4 Å². The van der Waals surface area contributed by atoms with Gasteiger partial charge in [-0.05, 0) is 89.5 Å². The number of anilines is 1. The standard InChI is InChI=1S/C50H83N3O16P2/c1-3-5-6-7-8-9-10-11-12-16-19-22-25-28-31-34-45(55)64-38-42(67-46(56)35-32-29-26-23-20-17-14-13-15-18-21-24-27-30-33-41(54)4-2)39-65-70(60,61)69-71(62,63)66-40-43-47(57)48(58)49(68-43)53-37-36-44(51)52-50(53)59/h9-10,14-15,17-18,23-24,26-27,36-37,41-43,47-49,54,57-58H,3-8,11-13,16,19-22,25,28-35,38-40H2,1-2H3,(H,60,61)(H,62,63)(H2,51,52,59)/b10-9-,17-14-,18-15-,26-23-,27-24-/t41-,42-,43-,47-,48-,49-/m1/s1. The fourth-order valence-corrected chi connectivity index (χ4v) is 9.21. The van der Waals surface area contributed by atoms with Crippen molar-refractivity contribution in [1.29, 1.82) is 0 Å². The van der Waals surface area contributed by atoms with E-state index in [0.29, 0.717) is 25.7 Å². The quantitative estimate of drug-likeness (QED) is 0.0154. The Balaban J connectivity index is 1.83. The lowest BCUT2D eigenvalue weighted by Gasteiger charge is -2.21. The zero-order valence-corrected chi connectivity index (χ0v) is 43.7. The molecule has 8 atom stereocenters. The average molecular weight is 1040 g/mol. The monoisotopic (exact) mass is 1040 g/mol. The first-order valence-electron chi connectivity index (χ1n) is 25.4. The molecule has 1 aromatic heterocycles. The molecule has 1 aliphatic heterocycles. The van der Waals surface area contributed by atoms with Crippen molar-refractivity contribution in [3.05, 3.63) is 83.5 Å². The second kappa shape index (κ2) is 38.1. The third-order valence-corrected chi connectivity index (χ3v) is 13.8. The molecule has 0 aliphatic carbocycles. The molecule has 1 aliphatic rings. The summed E-state index contributed by atoms with van der Waals surface area (Å²) in [5.41, 5.74) is 4.58. The van der Waals surface area contributed by atoms with Gasteiger partial charge < -0.3 is 45.1 Å². The van der Waals surface area contributed by atoms with E-state index in [2.05, 4.69) is 58.8 Å². The Labute approximate surface area is 420 Å². The van der Waals surface area contributed by atoms with E-state index < -0.39 is 83.7 Å². The number of hydrogen-bond acceptors (Lipinski definition) is 16. The highest BCUT2D eigenvalue weighted by Crippen LogP contribution is 2.60. The maximum Gasteiger partial charge on any atom is 0.481 e. The molecule has 0 spiro atoms. The van der Waals surface area contributed by atoms with Crippen molar-refractivity contribution in [3.63, 3.8) is 0 Å². The van der Waals surface area contributed by atoms with Crippen LogP contribution < -0.4 is 11.4 Å². The molecule has 2 unspecified atom stereocenters. The molecular weight excluding hydrogens is 961 g/mol. The lowest BCUT2D eigenvalue weighted by molar-refractivity contribution is -0.161. The van der Waals surface area contributed by atoms with E-state index in [0.717, 1.165) is 94.2 Å². The molecule has 19 nitrogen and oxygen atoms in total. The van der Waals surface area contributed by atoms with Crippen molar-refractivity contribution in [2.45, 2.75) is 198 Å². The highest BCUT2D eigenvalue weighted by atomic mass is 31.3. The third-order valence-electron chi connectivity index (χ3n) is 11.2. The van der Waals surface area contributed by atoms with Crippen LogP contribution >= 0.6 is 15.6 Å². The Hall–Kier alpha value is -3.58. The van der Waals surface area contributed by atoms with Gasteiger partial charge in [0.05, 0.1) is 19.3 Å². The van der Waals surface area contributed by atoms with Gasteiger partial charge in [0.1, 0.15) is 30.7 Å². The Kier molecular flexibility index (Phi) is 34.1. The van der Waals surface area contributed by atoms with Crippen molar-refractivity contribution < 1.29 is 71.4 Å². The molecule has 0 radical (unpaired) electrons. The average Bonchev–Trinajstić information content (AvgIpc) is 3.61. The van der Waals surface area contributed by atoms with Crippen LogP contribution in [0.3, 0.4) is 0 Å². The summed E-state index contributed by atoms with van der Waals surface area (Å²) in [6.45, 7) is 1.80. The van der Waals surface area contributed by atoms with Gasteiger partial charge in [0.2, 0.25) is 0 Å². The number of allylic oxidation sites excluding steroid dienone is 10. The van der Waals surface area contributed by atoms with Gasteiger partial charge in [0.15, 0.2) is 12.3 Å². The third kappa shape index (κ3) is 30.9. The smallest absolute Gasteiger partial charge is 0.462 e. The van der Waals surface area contributed by atoms with E-state index in [-0.39, 0.29) is 24.8 Å². The number of hydrogen-bond donors (Lipinski definition) is 6. The summed E-state index contributed by atoms with van der Waals surface area (Å²) in [6, 6.07) is 1.24. The summed E-state index contributed by atoms with van der Waals surface area (Å²) in [4.78, 5) is 61.9. The van der Waals surface area contributed by atoms with Crippen molar-refractivity contribution in [2.24, 2.45) is 0 Å². The fourth-order valence-electron chi connectivity index (χ4n) is 7.10. The predicted octanol–water partition coefficient (Wildman–Crippen LogP) is 9.30. The Morgan fingerprint density at radius 3 is 1.89 bits per heavy atom. The van der Waals surface area contributed by atoms with Gasteiger partial charge in [0.25, 0.3) is 0 Å². The van der Waals surface area contributed by atoms with E-state index in [1.807, 2.05) is 25.2 Å². The van der Waals surface area contributed by atoms with Gasteiger partial charge in [-0.15, -0.1) is 0 Å². The number of esters is 2. The first kappa shape index (κ1) is 63.5. The number of phosphoric ester groups is 2. The number of nitrogen functional groups attached to an aromatic ring is 1. The van der Waals surface area contributed by atoms with Crippen LogP contribution in [0.1, 0.15) is 168 Å². The number of nitrogens with zero attached hydrogens (tertiary/aromatic N) is 2. The van der Waals surface area contributed by atoms with Gasteiger partial charge in [-0.25, -0.2) is 13.9 Å². The number of phosphoric acid groups is 2. The van der Waals surface area contributed by atoms with Crippen LogP contribution in [-0.2, 0) is 46.3 Å². The number of carbonyl (C=O) groups excluding carboxylic acids is 2. The molecule has 2 rings (SSSR count). The maximum atomic E-state index is 12.8. The molecule has 0 bridgehead atoms. The largest absolute Gasteiger partial charge is 0.481 e. The van der Waals surface area contributed by atoms with Crippen LogP contribution in [0.25, 0.3) is 0 Å². The molecule has 1 aromatic rings. The van der Waals surface area contributed by atoms with Crippen LogP contribution in [-0.4, -0.2) is 96.9 Å². The van der Waals surface area contributed by atoms with E-state index in [9.17, 15) is 48.6 Å². The van der Waals surface area contributed by atoms with Gasteiger partial charge in [-0.1, -0.05) is 126 Å². The Bertz CT molecular complexity index is 1940. The second-order valence-electron chi connectivity index (χ2n) is 17.5. The van der Waals surface area contributed by atoms with Crippen LogP contribution in [0.4, 0.5) is 5.82 Å². The topological polar surface area (TPSA) is 286 Å². The molecule has 404 valence electrons. The summed E-state index contributed by atoms with van der Waals surface area (Å²) in [7, 11) is -10.9. The summed E-state index contributed by atoms with van der Waals surface area (Å²) in [5, 5.41) is 30.5. The molecule has 0 aromatic carbocycles. The number of nitrogens with two attached hydrogens (primary N) is 1. The molecule has 1 fully saturated rings. The predicted molar refractivity (Wildman–Crippen MR) is 272 cm³/mol. The second-order valence-corrected chi connectivity index (χ2v) is 20.5. The zero-order valence-electron chi connectivity index (χ0n) is 41.9. The van der Waals surface area contributed by atoms with Crippen molar-refractivity contribution in [1.82, 2.24) is 9.55 Å². The number of aliphatic hydroxyl groups excluding tert-OH is 3. The van der Waals surface area contributed by atoms with Gasteiger partial charge in [-0.2, -0.15) is 9.29 Å². The molecule has 71 heavy (non-hydrogen) atoms. The minimum absolute atomic E-state index is 0.0417. The van der Waals surface area contributed by atoms with Gasteiger partial charge in [0, 0.05) is 19.0 Å². The number of aliphatic hydroxyl groups is 3. The normalized spacial score (nSPS) is 20.1. The van der Waals surface area contributed by atoms with E-state index >= 15 is 0 Å². The number of carbonyl (C=O) groups is 2. The van der Waals surface area contributed by atoms with Crippen LogP contribution in [0.15, 0.2) is 77.8 Å². The molecule has 0 amide bonds. The van der Waals surface area contributed by atoms with Crippen LogP contribution in [0, 0.1) is 0 Å². The molecule has 2 heterocycles. The van der Waals surface area contributed by atoms with Crippen LogP contribution in [0.5, 0.6) is 0 Å². The molecule has 0 saturated carbocycles. The Morgan fingerprint density at radius 1 is 0.732 bits per heavy atom. The van der Waals surface area contributed by atoms with Crippen LogP contribution in [0.2, 0.25) is 0 Å². The summed E-state index contributed by atoms with van der Waals surface area (Å²) in [5.74, 6) is -1.39. The highest BCUT2D eigenvalue weighted by Gasteiger charge is 2.46. The molecule has 21 heteroatoms. The van der Waals surface area contributed by atoms with E-state index in [4.69, 9.17) is 29.0 Å². The zero-order chi connectivity index (χ0) is 52.2. The molecule has 7 N–H and O–H groups in total. The number of unbranched alkanes of at least 4 members (excludes halogenated alkanes) is 12. The first-order chi connectivity index (χ1) is 34.1. The number of rotatable bonds is 41. The summed E-state index contributed by atoms with van der Waals surface area (Å²) >= 11 is 0. The fraction of sp³-hybridized carbons (Fsp3) is 0.680. The summed E-state index contributed by atoms with van der Waals surface area (Å²) < 4.78 is 56.7. The minimum atomic E-state index is -5.44.